The smallest absolute Gasteiger partial charge is 0.338 e. The number of quaternary nitrogens is 1. The molecule has 0 fully saturated rings. The number of ether oxygens (including phenoxy) is 2. The Morgan fingerprint density at radius 3 is 2.12 bits per heavy atom. The Morgan fingerprint density at radius 2 is 1.58 bits per heavy atom. The summed E-state index contributed by atoms with van der Waals surface area (Å²) in [6.07, 6.45) is 4.49. The fourth-order valence-electron chi connectivity index (χ4n) is 2.46. The summed E-state index contributed by atoms with van der Waals surface area (Å²) >= 11 is 0. The maximum absolute atomic E-state index is 11.9. The molecule has 0 N–H and O–H groups in total. The number of halogens is 1. The standard InChI is InChI=1S/C19H32NO3.BrH/c1-5-20(3,6-2)15-9-7-8-10-16-23-19(21)17-11-13-18(22-4)14-12-17;/h11-14H,5-10,15-16H2,1-4H3;1H/q+1;/p-1. The summed E-state index contributed by atoms with van der Waals surface area (Å²) in [6.45, 7) is 8.62. The van der Waals surface area contributed by atoms with E-state index in [1.807, 2.05) is 0 Å². The molecule has 138 valence electrons. The van der Waals surface area contributed by atoms with E-state index in [2.05, 4.69) is 20.9 Å². The first-order chi connectivity index (χ1) is 11.0. The molecular formula is C19H32BrNO3. The van der Waals surface area contributed by atoms with E-state index in [0.29, 0.717) is 12.2 Å². The highest BCUT2D eigenvalue weighted by Crippen LogP contribution is 2.12. The van der Waals surface area contributed by atoms with Crippen molar-refractivity contribution in [1.29, 1.82) is 0 Å². The molecule has 0 aliphatic carbocycles. The lowest BCUT2D eigenvalue weighted by molar-refractivity contribution is -0.906. The van der Waals surface area contributed by atoms with E-state index in [9.17, 15) is 4.79 Å². The van der Waals surface area contributed by atoms with Gasteiger partial charge in [-0.05, 0) is 63.8 Å². The summed E-state index contributed by atoms with van der Waals surface area (Å²) < 4.78 is 11.5. The molecule has 0 saturated heterocycles. The van der Waals surface area contributed by atoms with Crippen molar-refractivity contribution in [1.82, 2.24) is 0 Å². The van der Waals surface area contributed by atoms with Crippen LogP contribution in [0.25, 0.3) is 0 Å². The van der Waals surface area contributed by atoms with Crippen LogP contribution in [0.1, 0.15) is 49.9 Å². The minimum atomic E-state index is -0.256. The molecule has 0 saturated carbocycles. The second-order valence-electron chi connectivity index (χ2n) is 6.25. The van der Waals surface area contributed by atoms with Gasteiger partial charge in [-0.2, -0.15) is 0 Å². The van der Waals surface area contributed by atoms with E-state index in [4.69, 9.17) is 9.47 Å². The fraction of sp³-hybridized carbons (Fsp3) is 0.632. The molecule has 0 unspecified atom stereocenters. The van der Waals surface area contributed by atoms with Gasteiger partial charge in [0.2, 0.25) is 0 Å². The van der Waals surface area contributed by atoms with Crippen molar-refractivity contribution in [2.24, 2.45) is 0 Å². The third-order valence-corrected chi connectivity index (χ3v) is 4.68. The lowest BCUT2D eigenvalue weighted by Crippen LogP contribution is -3.00. The number of hydrogen-bond acceptors (Lipinski definition) is 3. The quantitative estimate of drug-likeness (QED) is 0.314. The molecule has 1 rings (SSSR count). The molecule has 0 radical (unpaired) electrons. The van der Waals surface area contributed by atoms with Crippen LogP contribution < -0.4 is 21.7 Å². The molecule has 0 atom stereocenters. The van der Waals surface area contributed by atoms with Crippen LogP contribution in [0.2, 0.25) is 0 Å². The SMILES string of the molecule is CC[N+](C)(CC)CCCCCCOC(=O)c1ccc(OC)cc1.[Br-]. The van der Waals surface area contributed by atoms with Crippen LogP contribution in [-0.2, 0) is 4.74 Å². The van der Waals surface area contributed by atoms with Crippen molar-refractivity contribution >= 4 is 5.97 Å². The van der Waals surface area contributed by atoms with Gasteiger partial charge in [-0.25, -0.2) is 4.79 Å². The number of hydrogen-bond donors (Lipinski definition) is 0. The monoisotopic (exact) mass is 401 g/mol. The van der Waals surface area contributed by atoms with Gasteiger partial charge in [-0.1, -0.05) is 0 Å². The molecule has 24 heavy (non-hydrogen) atoms. The van der Waals surface area contributed by atoms with Crippen LogP contribution in [0.15, 0.2) is 24.3 Å². The van der Waals surface area contributed by atoms with E-state index >= 15 is 0 Å². The first-order valence-electron chi connectivity index (χ1n) is 8.69. The molecule has 1 aromatic carbocycles. The van der Waals surface area contributed by atoms with Gasteiger partial charge in [-0.3, -0.25) is 0 Å². The van der Waals surface area contributed by atoms with Gasteiger partial charge in [0.25, 0.3) is 0 Å². The zero-order chi connectivity index (χ0) is 17.1. The van der Waals surface area contributed by atoms with Crippen LogP contribution in [-0.4, -0.2) is 50.9 Å². The summed E-state index contributed by atoms with van der Waals surface area (Å²) in [7, 11) is 3.92. The summed E-state index contributed by atoms with van der Waals surface area (Å²) in [4.78, 5) is 11.9. The molecule has 0 aliphatic rings. The van der Waals surface area contributed by atoms with Crippen LogP contribution in [0, 0.1) is 0 Å². The molecular weight excluding hydrogens is 370 g/mol. The number of benzene rings is 1. The third kappa shape index (κ3) is 8.15. The van der Waals surface area contributed by atoms with E-state index in [1.165, 1.54) is 32.5 Å². The minimum Gasteiger partial charge on any atom is -1.00 e. The minimum absolute atomic E-state index is 0. The number of nitrogens with zero attached hydrogens (tertiary/aromatic N) is 1. The second-order valence-corrected chi connectivity index (χ2v) is 6.25. The summed E-state index contributed by atoms with van der Waals surface area (Å²) in [5.41, 5.74) is 0.574. The highest BCUT2D eigenvalue weighted by Gasteiger charge is 2.14. The van der Waals surface area contributed by atoms with Crippen molar-refractivity contribution in [3.05, 3.63) is 29.8 Å². The van der Waals surface area contributed by atoms with Crippen LogP contribution >= 0.6 is 0 Å². The lowest BCUT2D eigenvalue weighted by atomic mass is 10.2. The zero-order valence-corrected chi connectivity index (χ0v) is 17.1. The Labute approximate surface area is 157 Å². The number of rotatable bonds is 11. The molecule has 5 heteroatoms. The summed E-state index contributed by atoms with van der Waals surface area (Å²) in [5, 5.41) is 0. The molecule has 0 bridgehead atoms. The van der Waals surface area contributed by atoms with Gasteiger partial charge in [0.05, 0.1) is 46.0 Å². The number of carbonyl (C=O) groups excluding carboxylic acids is 1. The van der Waals surface area contributed by atoms with Crippen LogP contribution in [0.3, 0.4) is 0 Å². The molecule has 4 nitrogen and oxygen atoms in total. The van der Waals surface area contributed by atoms with Crippen molar-refractivity contribution in [2.45, 2.75) is 39.5 Å². The molecule has 0 spiro atoms. The first kappa shape index (κ1) is 22.9. The van der Waals surface area contributed by atoms with E-state index < -0.39 is 0 Å². The predicted molar refractivity (Wildman–Crippen MR) is 93.9 cm³/mol. The summed E-state index contributed by atoms with van der Waals surface area (Å²) in [6, 6.07) is 7.01. The Bertz CT molecular complexity index is 458. The topological polar surface area (TPSA) is 35.5 Å². The maximum atomic E-state index is 11.9. The predicted octanol–water partition coefficient (Wildman–Crippen LogP) is 0.903. The number of unbranched alkanes of at least 4 members (excludes halogenated alkanes) is 3. The summed E-state index contributed by atoms with van der Waals surface area (Å²) in [5.74, 6) is 0.486. The van der Waals surface area contributed by atoms with Gasteiger partial charge >= 0.3 is 5.97 Å². The van der Waals surface area contributed by atoms with Crippen LogP contribution in [0.5, 0.6) is 5.75 Å². The number of carbonyl (C=O) groups is 1. The average Bonchev–Trinajstić information content (AvgIpc) is 2.60. The average molecular weight is 402 g/mol. The third-order valence-electron chi connectivity index (χ3n) is 4.68. The molecule has 0 amide bonds. The van der Waals surface area contributed by atoms with E-state index in [-0.39, 0.29) is 23.0 Å². The Morgan fingerprint density at radius 1 is 1.00 bits per heavy atom. The highest BCUT2D eigenvalue weighted by atomic mass is 79.9. The molecule has 0 aromatic heterocycles. The van der Waals surface area contributed by atoms with Gasteiger partial charge < -0.3 is 30.9 Å². The van der Waals surface area contributed by atoms with Gasteiger partial charge in [-0.15, -0.1) is 0 Å². The first-order valence-corrected chi connectivity index (χ1v) is 8.69. The Kier molecular flexibility index (Phi) is 11.8. The largest absolute Gasteiger partial charge is 1.00 e. The number of esters is 1. The fourth-order valence-corrected chi connectivity index (χ4v) is 2.46. The lowest BCUT2D eigenvalue weighted by Gasteiger charge is -2.32. The van der Waals surface area contributed by atoms with Gasteiger partial charge in [0.1, 0.15) is 5.75 Å². The van der Waals surface area contributed by atoms with Gasteiger partial charge in [0.15, 0.2) is 0 Å². The Hall–Kier alpha value is -1.07. The Balaban J connectivity index is 0.00000529. The van der Waals surface area contributed by atoms with E-state index in [0.717, 1.165) is 23.1 Å². The zero-order valence-electron chi connectivity index (χ0n) is 15.5. The molecule has 1 aromatic rings. The van der Waals surface area contributed by atoms with Crippen molar-refractivity contribution in [3.63, 3.8) is 0 Å². The van der Waals surface area contributed by atoms with Crippen LogP contribution in [0.4, 0.5) is 0 Å². The van der Waals surface area contributed by atoms with Crippen molar-refractivity contribution in [2.75, 3.05) is 40.4 Å². The number of methoxy groups -OCH3 is 1. The second kappa shape index (κ2) is 12.3. The highest BCUT2D eigenvalue weighted by molar-refractivity contribution is 5.89. The van der Waals surface area contributed by atoms with Crippen molar-refractivity contribution < 1.29 is 35.7 Å². The maximum Gasteiger partial charge on any atom is 0.338 e. The van der Waals surface area contributed by atoms with Gasteiger partial charge in [0, 0.05) is 0 Å². The molecule has 0 aliphatic heterocycles. The normalized spacial score (nSPS) is 10.8. The van der Waals surface area contributed by atoms with Crippen molar-refractivity contribution in [3.8, 4) is 5.75 Å². The molecule has 0 heterocycles. The van der Waals surface area contributed by atoms with E-state index in [1.54, 1.807) is 31.4 Å².